The van der Waals surface area contributed by atoms with Gasteiger partial charge in [0.15, 0.2) is 0 Å². The SMILES string of the molecule is CC1CCCC(C(=O)N2CCN(c3ccc(OC4CCN(C5CCC5)CC4)cc3)C(=O)C2)CC1=O. The van der Waals surface area contributed by atoms with Crippen LogP contribution in [0, 0.1) is 11.8 Å². The Balaban J connectivity index is 1.11. The van der Waals surface area contributed by atoms with E-state index in [0.29, 0.717) is 19.5 Å². The number of ketones is 1. The van der Waals surface area contributed by atoms with E-state index in [1.807, 2.05) is 31.2 Å². The summed E-state index contributed by atoms with van der Waals surface area (Å²) in [5.41, 5.74) is 0.840. The van der Waals surface area contributed by atoms with E-state index in [0.717, 1.165) is 62.7 Å². The number of Topliss-reactive ketones (excluding diaryl/α,β-unsaturated/α-hetero) is 1. The first-order chi connectivity index (χ1) is 17.0. The highest BCUT2D eigenvalue weighted by Crippen LogP contribution is 2.30. The molecule has 2 atom stereocenters. The predicted molar refractivity (Wildman–Crippen MR) is 134 cm³/mol. The lowest BCUT2D eigenvalue weighted by atomic mass is 9.90. The number of carbonyl (C=O) groups excluding carboxylic acids is 3. The van der Waals surface area contributed by atoms with Gasteiger partial charge in [0.25, 0.3) is 0 Å². The standard InChI is InChI=1S/C28H39N3O4/c1-20-4-2-5-21(18-26(20)32)28(34)30-16-17-31(27(33)19-30)23-8-10-24(11-9-23)35-25-12-14-29(15-13-25)22-6-3-7-22/h8-11,20-22,25H,2-7,12-19H2,1H3. The van der Waals surface area contributed by atoms with Crippen molar-refractivity contribution in [2.75, 3.05) is 37.6 Å². The van der Waals surface area contributed by atoms with E-state index in [2.05, 4.69) is 4.90 Å². The van der Waals surface area contributed by atoms with Crippen molar-refractivity contribution in [3.05, 3.63) is 24.3 Å². The summed E-state index contributed by atoms with van der Waals surface area (Å²) < 4.78 is 6.24. The summed E-state index contributed by atoms with van der Waals surface area (Å²) in [5, 5.41) is 0. The second-order valence-corrected chi connectivity index (χ2v) is 10.9. The van der Waals surface area contributed by atoms with Crippen molar-refractivity contribution < 1.29 is 19.1 Å². The van der Waals surface area contributed by atoms with Crippen molar-refractivity contribution in [3.8, 4) is 5.75 Å². The van der Waals surface area contributed by atoms with Crippen LogP contribution in [0.1, 0.15) is 64.7 Å². The van der Waals surface area contributed by atoms with Gasteiger partial charge in [-0.05, 0) is 62.8 Å². The highest BCUT2D eigenvalue weighted by molar-refractivity contribution is 5.98. The lowest BCUT2D eigenvalue weighted by Gasteiger charge is -2.41. The molecule has 0 spiro atoms. The predicted octanol–water partition coefficient (Wildman–Crippen LogP) is 3.65. The Morgan fingerprint density at radius 2 is 1.60 bits per heavy atom. The summed E-state index contributed by atoms with van der Waals surface area (Å²) in [6.07, 6.45) is 9.28. The Morgan fingerprint density at radius 3 is 2.26 bits per heavy atom. The molecule has 1 aromatic rings. The molecule has 1 aromatic carbocycles. The van der Waals surface area contributed by atoms with Gasteiger partial charge in [0.05, 0.1) is 0 Å². The summed E-state index contributed by atoms with van der Waals surface area (Å²) in [7, 11) is 0. The number of amides is 2. The largest absolute Gasteiger partial charge is 0.490 e. The molecule has 2 saturated heterocycles. The number of benzene rings is 1. The molecule has 7 heteroatoms. The Hall–Kier alpha value is -2.41. The number of carbonyl (C=O) groups is 3. The number of ether oxygens (including phenoxy) is 1. The molecule has 2 heterocycles. The van der Waals surface area contributed by atoms with Gasteiger partial charge in [0.1, 0.15) is 24.2 Å². The summed E-state index contributed by atoms with van der Waals surface area (Å²) in [4.78, 5) is 44.3. The van der Waals surface area contributed by atoms with Crippen LogP contribution in [0.5, 0.6) is 5.75 Å². The van der Waals surface area contributed by atoms with Crippen LogP contribution in [0.15, 0.2) is 24.3 Å². The zero-order valence-electron chi connectivity index (χ0n) is 21.0. The molecule has 2 aliphatic heterocycles. The number of hydrogen-bond acceptors (Lipinski definition) is 5. The fraction of sp³-hybridized carbons (Fsp3) is 0.679. The number of likely N-dealkylation sites (tertiary alicyclic amines) is 1. The number of hydrogen-bond donors (Lipinski definition) is 0. The van der Waals surface area contributed by atoms with Crippen LogP contribution in [0.25, 0.3) is 0 Å². The molecule has 190 valence electrons. The molecule has 2 aliphatic carbocycles. The number of piperidine rings is 1. The first-order valence-corrected chi connectivity index (χ1v) is 13.6. The minimum atomic E-state index is -0.274. The number of nitrogens with zero attached hydrogens (tertiary/aromatic N) is 3. The Bertz CT molecular complexity index is 921. The van der Waals surface area contributed by atoms with Crippen LogP contribution < -0.4 is 9.64 Å². The summed E-state index contributed by atoms with van der Waals surface area (Å²) >= 11 is 0. The summed E-state index contributed by atoms with van der Waals surface area (Å²) in [6, 6.07) is 8.61. The van der Waals surface area contributed by atoms with Crippen molar-refractivity contribution in [1.82, 2.24) is 9.80 Å². The topological polar surface area (TPSA) is 70.2 Å². The van der Waals surface area contributed by atoms with Gasteiger partial charge in [-0.2, -0.15) is 0 Å². The van der Waals surface area contributed by atoms with Crippen LogP contribution in [0.3, 0.4) is 0 Å². The Labute approximate surface area is 208 Å². The summed E-state index contributed by atoms with van der Waals surface area (Å²) in [6.45, 7) is 5.26. The van der Waals surface area contributed by atoms with Crippen LogP contribution in [0.4, 0.5) is 5.69 Å². The summed E-state index contributed by atoms with van der Waals surface area (Å²) in [5.74, 6) is 0.686. The van der Waals surface area contributed by atoms with Gasteiger partial charge < -0.3 is 19.4 Å². The lowest BCUT2D eigenvalue weighted by molar-refractivity contribution is -0.141. The molecule has 35 heavy (non-hydrogen) atoms. The molecule has 2 amide bonds. The average Bonchev–Trinajstić information content (AvgIpc) is 3.00. The molecule has 7 nitrogen and oxygen atoms in total. The van der Waals surface area contributed by atoms with E-state index >= 15 is 0 Å². The first kappa shape index (κ1) is 24.3. The zero-order valence-corrected chi connectivity index (χ0v) is 21.0. The van der Waals surface area contributed by atoms with E-state index < -0.39 is 0 Å². The third kappa shape index (κ3) is 5.55. The highest BCUT2D eigenvalue weighted by atomic mass is 16.5. The third-order valence-electron chi connectivity index (χ3n) is 8.59. The minimum Gasteiger partial charge on any atom is -0.490 e. The smallest absolute Gasteiger partial charge is 0.246 e. The van der Waals surface area contributed by atoms with Crippen molar-refractivity contribution in [1.29, 1.82) is 0 Å². The van der Waals surface area contributed by atoms with E-state index in [1.165, 1.54) is 19.3 Å². The minimum absolute atomic E-state index is 0.0347. The van der Waals surface area contributed by atoms with Crippen molar-refractivity contribution >= 4 is 23.3 Å². The van der Waals surface area contributed by atoms with Gasteiger partial charge in [0, 0.05) is 56.2 Å². The number of rotatable bonds is 5. The third-order valence-corrected chi connectivity index (χ3v) is 8.59. The molecule has 5 rings (SSSR count). The Morgan fingerprint density at radius 1 is 0.886 bits per heavy atom. The quantitative estimate of drug-likeness (QED) is 0.601. The number of piperazine rings is 1. The zero-order chi connectivity index (χ0) is 24.4. The van der Waals surface area contributed by atoms with E-state index in [-0.39, 0.29) is 42.1 Å². The van der Waals surface area contributed by atoms with Crippen LogP contribution >= 0.6 is 0 Å². The van der Waals surface area contributed by atoms with Crippen molar-refractivity contribution in [2.45, 2.75) is 76.9 Å². The molecule has 2 saturated carbocycles. The second kappa shape index (κ2) is 10.7. The Kier molecular flexibility index (Phi) is 7.42. The molecule has 2 unspecified atom stereocenters. The molecule has 4 aliphatic rings. The maximum atomic E-state index is 13.0. The maximum absolute atomic E-state index is 13.0. The molecule has 4 fully saturated rings. The normalized spacial score (nSPS) is 27.5. The molecule has 0 bridgehead atoms. The second-order valence-electron chi connectivity index (χ2n) is 10.9. The number of anilines is 1. The van der Waals surface area contributed by atoms with Gasteiger partial charge in [0.2, 0.25) is 11.8 Å². The van der Waals surface area contributed by atoms with E-state index in [1.54, 1.807) is 9.80 Å². The van der Waals surface area contributed by atoms with Gasteiger partial charge in [-0.1, -0.05) is 19.8 Å². The van der Waals surface area contributed by atoms with Gasteiger partial charge in [-0.3, -0.25) is 14.4 Å². The van der Waals surface area contributed by atoms with E-state index in [4.69, 9.17) is 4.74 Å². The molecule has 0 radical (unpaired) electrons. The van der Waals surface area contributed by atoms with Gasteiger partial charge in [-0.15, -0.1) is 0 Å². The molecular weight excluding hydrogens is 442 g/mol. The first-order valence-electron chi connectivity index (χ1n) is 13.6. The molecular formula is C28H39N3O4. The van der Waals surface area contributed by atoms with Crippen LogP contribution in [0.2, 0.25) is 0 Å². The molecule has 0 N–H and O–H groups in total. The monoisotopic (exact) mass is 481 g/mol. The average molecular weight is 482 g/mol. The fourth-order valence-corrected chi connectivity index (χ4v) is 5.99. The van der Waals surface area contributed by atoms with Crippen molar-refractivity contribution in [3.63, 3.8) is 0 Å². The molecule has 0 aromatic heterocycles. The van der Waals surface area contributed by atoms with Crippen LogP contribution in [-0.2, 0) is 14.4 Å². The van der Waals surface area contributed by atoms with Crippen LogP contribution in [-0.4, -0.2) is 72.3 Å². The van der Waals surface area contributed by atoms with E-state index in [9.17, 15) is 14.4 Å². The van der Waals surface area contributed by atoms with Crippen molar-refractivity contribution in [2.24, 2.45) is 11.8 Å². The highest BCUT2D eigenvalue weighted by Gasteiger charge is 2.35. The lowest BCUT2D eigenvalue weighted by Crippen LogP contribution is -2.53. The van der Waals surface area contributed by atoms with Gasteiger partial charge >= 0.3 is 0 Å². The fourth-order valence-electron chi connectivity index (χ4n) is 5.99. The maximum Gasteiger partial charge on any atom is 0.246 e. The van der Waals surface area contributed by atoms with Gasteiger partial charge in [-0.25, -0.2) is 0 Å².